The van der Waals surface area contributed by atoms with Crippen LogP contribution in [0.1, 0.15) is 16.2 Å². The Labute approximate surface area is 114 Å². The lowest BCUT2D eigenvalue weighted by molar-refractivity contribution is 0.0989. The minimum absolute atomic E-state index is 0.0999. The molecule has 96 valence electrons. The smallest absolute Gasteiger partial charge is 0.203 e. The van der Waals surface area contributed by atoms with Gasteiger partial charge in [-0.25, -0.2) is 4.98 Å². The van der Waals surface area contributed by atoms with Crippen LogP contribution in [0.4, 0.5) is 0 Å². The Kier molecular flexibility index (Phi) is 2.87. The fourth-order valence-corrected chi connectivity index (χ4v) is 2.31. The molecular formula is C14H11ClN2O2. The van der Waals surface area contributed by atoms with E-state index in [9.17, 15) is 4.79 Å². The molecule has 0 saturated heterocycles. The van der Waals surface area contributed by atoms with Gasteiger partial charge in [0.25, 0.3) is 0 Å². The van der Waals surface area contributed by atoms with Crippen LogP contribution in [0.5, 0.6) is 0 Å². The number of carbonyl (C=O) groups excluding carboxylic acids is 1. The van der Waals surface area contributed by atoms with Crippen molar-refractivity contribution >= 4 is 28.4 Å². The van der Waals surface area contributed by atoms with E-state index < -0.39 is 0 Å². The number of aryl methyl sites for hydroxylation is 1. The van der Waals surface area contributed by atoms with E-state index in [-0.39, 0.29) is 17.4 Å². The predicted octanol–water partition coefficient (Wildman–Crippen LogP) is 3.25. The van der Waals surface area contributed by atoms with E-state index in [1.807, 2.05) is 35.9 Å². The number of hydrogen-bond donors (Lipinski definition) is 0. The first-order valence-corrected chi connectivity index (χ1v) is 6.21. The summed E-state index contributed by atoms with van der Waals surface area (Å²) in [5, 5.41) is 0.128. The molecule has 4 nitrogen and oxygen atoms in total. The van der Waals surface area contributed by atoms with Crippen LogP contribution in [-0.4, -0.2) is 15.3 Å². The molecule has 3 aromatic rings. The zero-order valence-electron chi connectivity index (χ0n) is 10.3. The maximum Gasteiger partial charge on any atom is 0.203 e. The number of hydrogen-bond acceptors (Lipinski definition) is 3. The second-order valence-electron chi connectivity index (χ2n) is 4.28. The molecule has 0 aliphatic heterocycles. The highest BCUT2D eigenvalue weighted by Crippen LogP contribution is 2.20. The Hall–Kier alpha value is -2.07. The largest absolute Gasteiger partial charge is 0.452 e. The molecule has 0 unspecified atom stereocenters. The summed E-state index contributed by atoms with van der Waals surface area (Å²) in [6.45, 7) is 0. The van der Waals surface area contributed by atoms with Crippen LogP contribution in [0, 0.1) is 0 Å². The molecule has 0 saturated carbocycles. The molecule has 2 aromatic heterocycles. The monoisotopic (exact) mass is 274 g/mol. The second-order valence-corrected chi connectivity index (χ2v) is 4.63. The van der Waals surface area contributed by atoms with E-state index in [0.717, 1.165) is 11.0 Å². The molecule has 0 radical (unpaired) electrons. The molecule has 0 fully saturated rings. The molecule has 2 heterocycles. The minimum atomic E-state index is -0.0999. The summed E-state index contributed by atoms with van der Waals surface area (Å²) in [5.41, 5.74) is 2.28. The summed E-state index contributed by atoms with van der Waals surface area (Å²) in [6.07, 6.45) is 1.61. The van der Waals surface area contributed by atoms with Crippen LogP contribution in [0.2, 0.25) is 5.22 Å². The Morgan fingerprint density at radius 3 is 2.84 bits per heavy atom. The summed E-state index contributed by atoms with van der Waals surface area (Å²) >= 11 is 5.80. The Bertz CT molecular complexity index is 758. The summed E-state index contributed by atoms with van der Waals surface area (Å²) < 4.78 is 6.85. The SMILES string of the molecule is Cn1c(CC(=O)c2ccoc2Cl)nc2ccccc21. The van der Waals surface area contributed by atoms with Crippen LogP contribution in [0.25, 0.3) is 11.0 Å². The molecule has 5 heteroatoms. The van der Waals surface area contributed by atoms with Crippen molar-refractivity contribution in [2.75, 3.05) is 0 Å². The molecule has 0 atom stereocenters. The van der Waals surface area contributed by atoms with Gasteiger partial charge in [-0.3, -0.25) is 4.79 Å². The molecule has 19 heavy (non-hydrogen) atoms. The number of benzene rings is 1. The maximum atomic E-state index is 12.1. The minimum Gasteiger partial charge on any atom is -0.452 e. The Morgan fingerprint density at radius 1 is 1.37 bits per heavy atom. The number of rotatable bonds is 3. The van der Waals surface area contributed by atoms with Crippen molar-refractivity contribution in [1.82, 2.24) is 9.55 Å². The van der Waals surface area contributed by atoms with Crippen molar-refractivity contribution in [3.8, 4) is 0 Å². The zero-order chi connectivity index (χ0) is 13.4. The predicted molar refractivity (Wildman–Crippen MR) is 72.5 cm³/mol. The molecule has 1 aromatic carbocycles. The van der Waals surface area contributed by atoms with E-state index >= 15 is 0 Å². The normalized spacial score (nSPS) is 11.1. The van der Waals surface area contributed by atoms with Crippen LogP contribution in [0.15, 0.2) is 41.0 Å². The van der Waals surface area contributed by atoms with Crippen molar-refractivity contribution in [1.29, 1.82) is 0 Å². The third-order valence-electron chi connectivity index (χ3n) is 3.12. The number of halogens is 1. The van der Waals surface area contributed by atoms with Gasteiger partial charge >= 0.3 is 0 Å². The van der Waals surface area contributed by atoms with Gasteiger partial charge in [0.2, 0.25) is 5.22 Å². The average Bonchev–Trinajstić information content (AvgIpc) is 2.95. The molecule has 3 rings (SSSR count). The van der Waals surface area contributed by atoms with E-state index in [4.69, 9.17) is 16.0 Å². The van der Waals surface area contributed by atoms with Crippen molar-refractivity contribution in [3.05, 3.63) is 53.2 Å². The molecular weight excluding hydrogens is 264 g/mol. The fraction of sp³-hybridized carbons (Fsp3) is 0.143. The molecule has 0 spiro atoms. The number of carbonyl (C=O) groups is 1. The molecule has 0 amide bonds. The highest BCUT2D eigenvalue weighted by molar-refractivity contribution is 6.32. The van der Waals surface area contributed by atoms with Gasteiger partial charge < -0.3 is 8.98 Å². The summed E-state index contributed by atoms with van der Waals surface area (Å²) in [7, 11) is 1.90. The molecule has 0 bridgehead atoms. The van der Waals surface area contributed by atoms with Gasteiger partial charge in [0.15, 0.2) is 5.78 Å². The van der Waals surface area contributed by atoms with E-state index in [0.29, 0.717) is 11.4 Å². The molecule has 0 aliphatic rings. The van der Waals surface area contributed by atoms with Gasteiger partial charge in [-0.2, -0.15) is 0 Å². The number of imidazole rings is 1. The average molecular weight is 275 g/mol. The van der Waals surface area contributed by atoms with Crippen LogP contribution in [0.3, 0.4) is 0 Å². The maximum absolute atomic E-state index is 12.1. The standard InChI is InChI=1S/C14H11ClN2O2/c1-17-11-5-3-2-4-10(11)16-13(17)8-12(18)9-6-7-19-14(9)15/h2-7H,8H2,1H3. The number of aromatic nitrogens is 2. The van der Waals surface area contributed by atoms with Gasteiger partial charge in [0.1, 0.15) is 5.82 Å². The van der Waals surface area contributed by atoms with Crippen molar-refractivity contribution in [2.24, 2.45) is 7.05 Å². The first-order valence-electron chi connectivity index (χ1n) is 5.83. The van der Waals surface area contributed by atoms with Crippen LogP contribution < -0.4 is 0 Å². The third-order valence-corrected chi connectivity index (χ3v) is 3.41. The molecule has 0 aliphatic carbocycles. The van der Waals surface area contributed by atoms with Gasteiger partial charge in [-0.05, 0) is 29.8 Å². The lowest BCUT2D eigenvalue weighted by Gasteiger charge is -2.01. The second kappa shape index (κ2) is 4.55. The summed E-state index contributed by atoms with van der Waals surface area (Å²) in [6, 6.07) is 9.35. The number of fused-ring (bicyclic) bond motifs is 1. The zero-order valence-corrected chi connectivity index (χ0v) is 11.0. The number of furan rings is 1. The van der Waals surface area contributed by atoms with E-state index in [1.165, 1.54) is 6.26 Å². The summed E-state index contributed by atoms with van der Waals surface area (Å²) in [4.78, 5) is 16.6. The topological polar surface area (TPSA) is 48.0 Å². The highest BCUT2D eigenvalue weighted by atomic mass is 35.5. The number of nitrogens with zero attached hydrogens (tertiary/aromatic N) is 2. The highest BCUT2D eigenvalue weighted by Gasteiger charge is 2.17. The fourth-order valence-electron chi connectivity index (χ4n) is 2.09. The van der Waals surface area contributed by atoms with E-state index in [1.54, 1.807) is 6.07 Å². The van der Waals surface area contributed by atoms with Crippen LogP contribution >= 0.6 is 11.6 Å². The Balaban J connectivity index is 1.96. The number of para-hydroxylation sites is 2. The number of Topliss-reactive ketones (excluding diaryl/α,β-unsaturated/α-hetero) is 1. The third kappa shape index (κ3) is 2.04. The van der Waals surface area contributed by atoms with Crippen molar-refractivity contribution < 1.29 is 9.21 Å². The lowest BCUT2D eigenvalue weighted by Crippen LogP contribution is -2.08. The number of ketones is 1. The quantitative estimate of drug-likeness (QED) is 0.689. The lowest BCUT2D eigenvalue weighted by atomic mass is 10.1. The van der Waals surface area contributed by atoms with Crippen molar-refractivity contribution in [2.45, 2.75) is 6.42 Å². The van der Waals surface area contributed by atoms with Gasteiger partial charge in [-0.15, -0.1) is 0 Å². The van der Waals surface area contributed by atoms with Gasteiger partial charge in [-0.1, -0.05) is 12.1 Å². The first kappa shape index (κ1) is 12.0. The van der Waals surface area contributed by atoms with Gasteiger partial charge in [0, 0.05) is 7.05 Å². The van der Waals surface area contributed by atoms with Gasteiger partial charge in [0.05, 0.1) is 29.3 Å². The van der Waals surface area contributed by atoms with Crippen LogP contribution in [-0.2, 0) is 13.5 Å². The molecule has 0 N–H and O–H groups in total. The van der Waals surface area contributed by atoms with Crippen molar-refractivity contribution in [3.63, 3.8) is 0 Å². The van der Waals surface area contributed by atoms with E-state index in [2.05, 4.69) is 4.98 Å². The summed E-state index contributed by atoms with van der Waals surface area (Å²) in [5.74, 6) is 0.612. The first-order chi connectivity index (χ1) is 9.16. The Morgan fingerprint density at radius 2 is 2.16 bits per heavy atom.